The first kappa shape index (κ1) is 21.4. The van der Waals surface area contributed by atoms with Gasteiger partial charge in [0, 0.05) is 28.4 Å². The number of aromatic nitrogens is 3. The fraction of sp³-hybridized carbons (Fsp3) is 0.167. The minimum absolute atomic E-state index is 0.00863. The molecule has 0 saturated carbocycles. The van der Waals surface area contributed by atoms with Crippen molar-refractivity contribution in [1.29, 1.82) is 0 Å². The number of nitrogen functional groups attached to an aromatic ring is 1. The number of nitrogens with one attached hydrogen (secondary N) is 1. The van der Waals surface area contributed by atoms with Crippen LogP contribution in [0.4, 0.5) is 11.4 Å². The van der Waals surface area contributed by atoms with Crippen LogP contribution in [-0.2, 0) is 4.79 Å². The number of hydrogen-bond donors (Lipinski definition) is 2. The number of ether oxygens (including phenoxy) is 1. The molecule has 156 valence electrons. The number of nitrogens with two attached hydrogens (primary N) is 1. The zero-order valence-electron chi connectivity index (χ0n) is 16.0. The smallest absolute Gasteiger partial charge is 0.311 e. The summed E-state index contributed by atoms with van der Waals surface area (Å²) in [5, 5.41) is 22.8. The zero-order valence-corrected chi connectivity index (χ0v) is 17.5. The Kier molecular flexibility index (Phi) is 6.43. The van der Waals surface area contributed by atoms with Gasteiger partial charge in [0.2, 0.25) is 11.1 Å². The van der Waals surface area contributed by atoms with Gasteiger partial charge in [-0.1, -0.05) is 23.4 Å². The number of halogens is 1. The molecule has 1 aromatic heterocycles. The van der Waals surface area contributed by atoms with Gasteiger partial charge in [-0.15, -0.1) is 10.2 Å². The predicted octanol–water partition coefficient (Wildman–Crippen LogP) is 3.27. The third-order valence-corrected chi connectivity index (χ3v) is 5.29. The van der Waals surface area contributed by atoms with E-state index in [1.165, 1.54) is 23.9 Å². The highest BCUT2D eigenvalue weighted by molar-refractivity contribution is 7.99. The summed E-state index contributed by atoms with van der Waals surface area (Å²) < 4.78 is 6.33. The van der Waals surface area contributed by atoms with Crippen molar-refractivity contribution < 1.29 is 14.5 Å². The van der Waals surface area contributed by atoms with Crippen LogP contribution in [0, 0.1) is 17.0 Å². The summed E-state index contributed by atoms with van der Waals surface area (Å²) in [7, 11) is 1.32. The molecule has 30 heavy (non-hydrogen) atoms. The van der Waals surface area contributed by atoms with Crippen LogP contribution >= 0.6 is 23.4 Å². The zero-order chi connectivity index (χ0) is 21.8. The largest absolute Gasteiger partial charge is 0.490 e. The van der Waals surface area contributed by atoms with Crippen molar-refractivity contribution in [2.75, 3.05) is 24.0 Å². The number of nitro benzene ring substituents is 1. The Bertz CT molecular complexity index is 1100. The van der Waals surface area contributed by atoms with Crippen LogP contribution < -0.4 is 15.9 Å². The number of carbonyl (C=O) groups is 1. The minimum atomic E-state index is -0.542. The Morgan fingerprint density at radius 1 is 1.33 bits per heavy atom. The maximum Gasteiger partial charge on any atom is 0.311 e. The molecule has 0 saturated heterocycles. The van der Waals surface area contributed by atoms with E-state index in [0.717, 1.165) is 17.3 Å². The van der Waals surface area contributed by atoms with E-state index in [4.69, 9.17) is 22.2 Å². The second-order valence-electron chi connectivity index (χ2n) is 6.12. The number of nitrogens with zero attached hydrogens (tertiary/aromatic N) is 4. The van der Waals surface area contributed by atoms with Crippen LogP contribution in [-0.4, -0.2) is 38.6 Å². The molecular weight excluding hydrogens is 432 g/mol. The van der Waals surface area contributed by atoms with Crippen LogP contribution in [0.1, 0.15) is 5.56 Å². The number of aryl methyl sites for hydroxylation is 1. The standard InChI is InChI=1S/C18H17ClN6O4S/c1-10-7-14(25(27)28)15(29-2)8-13(10)21-16(26)9-30-18-23-22-17(24(18)20)11-3-5-12(19)6-4-11/h3-8H,9,20H2,1-2H3,(H,21,26). The molecule has 3 rings (SSSR count). The molecule has 0 fully saturated rings. The Balaban J connectivity index is 1.68. The topological polar surface area (TPSA) is 138 Å². The Morgan fingerprint density at radius 2 is 2.03 bits per heavy atom. The molecule has 0 unspecified atom stereocenters. The highest BCUT2D eigenvalue weighted by Gasteiger charge is 2.19. The van der Waals surface area contributed by atoms with E-state index < -0.39 is 4.92 Å². The van der Waals surface area contributed by atoms with Crippen LogP contribution in [0.25, 0.3) is 11.4 Å². The SMILES string of the molecule is COc1cc(NC(=O)CSc2nnc(-c3ccc(Cl)cc3)n2N)c(C)cc1[N+](=O)[O-]. The number of nitro groups is 1. The summed E-state index contributed by atoms with van der Waals surface area (Å²) in [5.74, 6) is 6.21. The van der Waals surface area contributed by atoms with E-state index in [1.54, 1.807) is 31.2 Å². The summed E-state index contributed by atoms with van der Waals surface area (Å²) in [6.07, 6.45) is 0. The maximum absolute atomic E-state index is 12.4. The fourth-order valence-corrected chi connectivity index (χ4v) is 3.38. The average Bonchev–Trinajstić information content (AvgIpc) is 3.08. The Morgan fingerprint density at radius 3 is 2.67 bits per heavy atom. The first-order valence-corrected chi connectivity index (χ1v) is 9.88. The van der Waals surface area contributed by atoms with Gasteiger partial charge < -0.3 is 15.9 Å². The molecule has 2 aromatic carbocycles. The van der Waals surface area contributed by atoms with Crippen molar-refractivity contribution in [3.05, 3.63) is 57.1 Å². The molecule has 1 heterocycles. The number of methoxy groups -OCH3 is 1. The first-order chi connectivity index (χ1) is 14.3. The van der Waals surface area contributed by atoms with Crippen molar-refractivity contribution in [1.82, 2.24) is 14.9 Å². The lowest BCUT2D eigenvalue weighted by atomic mass is 10.1. The third-order valence-electron chi connectivity index (χ3n) is 4.10. The normalized spacial score (nSPS) is 10.6. The van der Waals surface area contributed by atoms with Gasteiger partial charge in [-0.25, -0.2) is 4.68 Å². The van der Waals surface area contributed by atoms with E-state index in [1.807, 2.05) is 0 Å². The van der Waals surface area contributed by atoms with E-state index >= 15 is 0 Å². The van der Waals surface area contributed by atoms with Crippen molar-refractivity contribution in [3.8, 4) is 17.1 Å². The minimum Gasteiger partial charge on any atom is -0.490 e. The lowest BCUT2D eigenvalue weighted by Gasteiger charge is -2.10. The van der Waals surface area contributed by atoms with Crippen LogP contribution in [0.15, 0.2) is 41.6 Å². The molecule has 3 N–H and O–H groups in total. The van der Waals surface area contributed by atoms with Crippen LogP contribution in [0.5, 0.6) is 5.75 Å². The monoisotopic (exact) mass is 448 g/mol. The Labute approximate surface area is 180 Å². The van der Waals surface area contributed by atoms with Crippen LogP contribution in [0.3, 0.4) is 0 Å². The summed E-state index contributed by atoms with van der Waals surface area (Å²) in [4.78, 5) is 22.9. The van der Waals surface area contributed by atoms with E-state index in [0.29, 0.717) is 27.3 Å². The molecule has 12 heteroatoms. The molecular formula is C18H17ClN6O4S. The van der Waals surface area contributed by atoms with Crippen LogP contribution in [0.2, 0.25) is 5.02 Å². The van der Waals surface area contributed by atoms with Crippen molar-refractivity contribution >= 4 is 40.6 Å². The van der Waals surface area contributed by atoms with Gasteiger partial charge in [0.15, 0.2) is 11.6 Å². The molecule has 0 aliphatic heterocycles. The van der Waals surface area contributed by atoms with Crippen molar-refractivity contribution in [2.45, 2.75) is 12.1 Å². The molecule has 0 spiro atoms. The van der Waals surface area contributed by atoms with Gasteiger partial charge in [0.1, 0.15) is 0 Å². The van der Waals surface area contributed by atoms with Gasteiger partial charge in [0.25, 0.3) is 0 Å². The predicted molar refractivity (Wildman–Crippen MR) is 114 cm³/mol. The highest BCUT2D eigenvalue weighted by Crippen LogP contribution is 2.33. The summed E-state index contributed by atoms with van der Waals surface area (Å²) >= 11 is 6.99. The van der Waals surface area contributed by atoms with Gasteiger partial charge in [-0.2, -0.15) is 0 Å². The highest BCUT2D eigenvalue weighted by atomic mass is 35.5. The van der Waals surface area contributed by atoms with Gasteiger partial charge >= 0.3 is 5.69 Å². The lowest BCUT2D eigenvalue weighted by Crippen LogP contribution is -2.17. The number of anilines is 1. The number of thioether (sulfide) groups is 1. The summed E-state index contributed by atoms with van der Waals surface area (Å²) in [5.41, 5.74) is 1.51. The van der Waals surface area contributed by atoms with E-state index in [2.05, 4.69) is 15.5 Å². The molecule has 10 nitrogen and oxygen atoms in total. The van der Waals surface area contributed by atoms with Gasteiger partial charge in [-0.3, -0.25) is 14.9 Å². The second kappa shape index (κ2) is 9.01. The third kappa shape index (κ3) is 4.63. The molecule has 0 atom stereocenters. The van der Waals surface area contributed by atoms with Crippen molar-refractivity contribution in [2.24, 2.45) is 0 Å². The van der Waals surface area contributed by atoms with E-state index in [-0.39, 0.29) is 23.1 Å². The number of carbonyl (C=O) groups excluding carboxylic acids is 1. The average molecular weight is 449 g/mol. The Hall–Kier alpha value is -3.31. The van der Waals surface area contributed by atoms with Gasteiger partial charge in [0.05, 0.1) is 17.8 Å². The molecule has 1 amide bonds. The fourth-order valence-electron chi connectivity index (χ4n) is 2.60. The van der Waals surface area contributed by atoms with Crippen molar-refractivity contribution in [3.63, 3.8) is 0 Å². The summed E-state index contributed by atoms with van der Waals surface area (Å²) in [6.45, 7) is 1.66. The quantitative estimate of drug-likeness (QED) is 0.243. The number of benzene rings is 2. The van der Waals surface area contributed by atoms with Gasteiger partial charge in [-0.05, 0) is 36.8 Å². The summed E-state index contributed by atoms with van der Waals surface area (Å²) in [6, 6.07) is 9.72. The maximum atomic E-state index is 12.4. The number of rotatable bonds is 7. The second-order valence-corrected chi connectivity index (χ2v) is 7.49. The molecule has 3 aromatic rings. The lowest BCUT2D eigenvalue weighted by molar-refractivity contribution is -0.385. The molecule has 0 radical (unpaired) electrons. The first-order valence-electron chi connectivity index (χ1n) is 8.52. The molecule has 0 bridgehead atoms. The number of amides is 1. The molecule has 0 aliphatic carbocycles. The number of hydrogen-bond acceptors (Lipinski definition) is 8. The van der Waals surface area contributed by atoms with E-state index in [9.17, 15) is 14.9 Å². The molecule has 0 aliphatic rings.